The van der Waals surface area contributed by atoms with Crippen LogP contribution in [0.25, 0.3) is 0 Å². The minimum atomic E-state index is 0.162. The second kappa shape index (κ2) is 5.48. The lowest BCUT2D eigenvalue weighted by molar-refractivity contribution is 0.0591. The zero-order valence-electron chi connectivity index (χ0n) is 11.4. The largest absolute Gasteiger partial charge is 0.396 e. The standard InChI is InChI=1S/C15H27NO2/c17-11-15(7-2-1-3-8-15)10-16-13-6-9-18-14(13)12-4-5-12/h12-14,16-17H,1-11H2. The molecule has 3 heteroatoms. The first-order chi connectivity index (χ1) is 8.83. The van der Waals surface area contributed by atoms with Gasteiger partial charge in [-0.1, -0.05) is 19.3 Å². The Balaban J connectivity index is 1.52. The van der Waals surface area contributed by atoms with Crippen LogP contribution in [0.2, 0.25) is 0 Å². The summed E-state index contributed by atoms with van der Waals surface area (Å²) in [6.07, 6.45) is 10.6. The quantitative estimate of drug-likeness (QED) is 0.788. The van der Waals surface area contributed by atoms with Crippen LogP contribution in [0.4, 0.5) is 0 Å². The van der Waals surface area contributed by atoms with Crippen LogP contribution < -0.4 is 5.32 Å². The van der Waals surface area contributed by atoms with Crippen molar-refractivity contribution < 1.29 is 9.84 Å². The Bertz CT molecular complexity index is 272. The lowest BCUT2D eigenvalue weighted by Crippen LogP contribution is -2.46. The molecule has 2 saturated carbocycles. The highest BCUT2D eigenvalue weighted by Crippen LogP contribution is 2.40. The molecule has 2 unspecified atom stereocenters. The molecular weight excluding hydrogens is 226 g/mol. The predicted molar refractivity (Wildman–Crippen MR) is 71.5 cm³/mol. The molecule has 0 bridgehead atoms. The van der Waals surface area contributed by atoms with Crippen molar-refractivity contribution in [3.05, 3.63) is 0 Å². The van der Waals surface area contributed by atoms with E-state index < -0.39 is 0 Å². The highest BCUT2D eigenvalue weighted by Gasteiger charge is 2.41. The highest BCUT2D eigenvalue weighted by atomic mass is 16.5. The molecule has 1 aliphatic heterocycles. The Morgan fingerprint density at radius 3 is 2.56 bits per heavy atom. The maximum absolute atomic E-state index is 9.73. The second-order valence-electron chi connectivity index (χ2n) is 6.67. The number of aliphatic hydroxyl groups is 1. The van der Waals surface area contributed by atoms with Crippen molar-refractivity contribution in [1.82, 2.24) is 5.32 Å². The molecule has 0 amide bonds. The number of hydrogen-bond donors (Lipinski definition) is 2. The SMILES string of the molecule is OCC1(CNC2CCOC2C2CC2)CCCCC1. The van der Waals surface area contributed by atoms with Crippen molar-refractivity contribution >= 4 is 0 Å². The molecular formula is C15H27NO2. The van der Waals surface area contributed by atoms with Crippen LogP contribution in [0, 0.1) is 11.3 Å². The van der Waals surface area contributed by atoms with Crippen molar-refractivity contribution in [3.8, 4) is 0 Å². The molecule has 0 aromatic heterocycles. The summed E-state index contributed by atoms with van der Waals surface area (Å²) in [4.78, 5) is 0. The van der Waals surface area contributed by atoms with Crippen LogP contribution in [-0.4, -0.2) is 37.0 Å². The summed E-state index contributed by atoms with van der Waals surface area (Å²) in [5, 5.41) is 13.5. The molecule has 0 radical (unpaired) electrons. The molecule has 0 spiro atoms. The van der Waals surface area contributed by atoms with E-state index in [9.17, 15) is 5.11 Å². The average Bonchev–Trinajstić information content (AvgIpc) is 3.16. The first-order valence-corrected chi connectivity index (χ1v) is 7.79. The zero-order valence-corrected chi connectivity index (χ0v) is 11.4. The molecule has 3 fully saturated rings. The van der Waals surface area contributed by atoms with E-state index >= 15 is 0 Å². The molecule has 2 aliphatic carbocycles. The van der Waals surface area contributed by atoms with Gasteiger partial charge in [0.2, 0.25) is 0 Å². The normalized spacial score (nSPS) is 35.8. The van der Waals surface area contributed by atoms with Crippen molar-refractivity contribution in [3.63, 3.8) is 0 Å². The summed E-state index contributed by atoms with van der Waals surface area (Å²) in [6.45, 7) is 2.26. The van der Waals surface area contributed by atoms with Gasteiger partial charge in [0.25, 0.3) is 0 Å². The lowest BCUT2D eigenvalue weighted by Gasteiger charge is -2.37. The fraction of sp³-hybridized carbons (Fsp3) is 1.00. The molecule has 104 valence electrons. The van der Waals surface area contributed by atoms with Gasteiger partial charge in [0, 0.05) is 31.2 Å². The van der Waals surface area contributed by atoms with E-state index in [0.29, 0.717) is 18.8 Å². The van der Waals surface area contributed by atoms with Crippen LogP contribution in [0.1, 0.15) is 51.4 Å². The summed E-state index contributed by atoms with van der Waals surface area (Å²) in [5.74, 6) is 0.821. The second-order valence-corrected chi connectivity index (χ2v) is 6.67. The van der Waals surface area contributed by atoms with E-state index in [4.69, 9.17) is 4.74 Å². The van der Waals surface area contributed by atoms with Crippen LogP contribution >= 0.6 is 0 Å². The smallest absolute Gasteiger partial charge is 0.0756 e. The predicted octanol–water partition coefficient (Wildman–Crippen LogP) is 2.09. The Morgan fingerprint density at radius 1 is 1.11 bits per heavy atom. The van der Waals surface area contributed by atoms with Crippen molar-refractivity contribution in [2.24, 2.45) is 11.3 Å². The molecule has 2 N–H and O–H groups in total. The molecule has 3 aliphatic rings. The fourth-order valence-corrected chi connectivity index (χ4v) is 3.76. The molecule has 3 rings (SSSR count). The van der Waals surface area contributed by atoms with Gasteiger partial charge >= 0.3 is 0 Å². The third-order valence-corrected chi connectivity index (χ3v) is 5.21. The molecule has 3 nitrogen and oxygen atoms in total. The topological polar surface area (TPSA) is 41.5 Å². The van der Waals surface area contributed by atoms with Crippen molar-refractivity contribution in [2.75, 3.05) is 19.8 Å². The third kappa shape index (κ3) is 2.73. The molecule has 0 aromatic rings. The van der Waals surface area contributed by atoms with Crippen LogP contribution in [0.5, 0.6) is 0 Å². The van der Waals surface area contributed by atoms with E-state index in [1.807, 2.05) is 0 Å². The number of hydrogen-bond acceptors (Lipinski definition) is 3. The summed E-state index contributed by atoms with van der Waals surface area (Å²) >= 11 is 0. The van der Waals surface area contributed by atoms with Gasteiger partial charge in [0.15, 0.2) is 0 Å². The number of ether oxygens (including phenoxy) is 1. The van der Waals surface area contributed by atoms with Gasteiger partial charge in [-0.15, -0.1) is 0 Å². The molecule has 1 heterocycles. The van der Waals surface area contributed by atoms with Gasteiger partial charge in [-0.25, -0.2) is 0 Å². The highest BCUT2D eigenvalue weighted by molar-refractivity contribution is 4.95. The maximum Gasteiger partial charge on any atom is 0.0756 e. The Morgan fingerprint density at radius 2 is 1.89 bits per heavy atom. The van der Waals surface area contributed by atoms with E-state index in [1.165, 1.54) is 44.9 Å². The van der Waals surface area contributed by atoms with Crippen LogP contribution in [-0.2, 0) is 4.74 Å². The first-order valence-electron chi connectivity index (χ1n) is 7.79. The van der Waals surface area contributed by atoms with Gasteiger partial charge in [0.1, 0.15) is 0 Å². The van der Waals surface area contributed by atoms with E-state index in [-0.39, 0.29) is 5.41 Å². The van der Waals surface area contributed by atoms with Crippen LogP contribution in [0.15, 0.2) is 0 Å². The minimum Gasteiger partial charge on any atom is -0.396 e. The van der Waals surface area contributed by atoms with Gasteiger partial charge in [-0.05, 0) is 38.0 Å². The zero-order chi connectivity index (χ0) is 12.4. The third-order valence-electron chi connectivity index (χ3n) is 5.21. The summed E-state index contributed by atoms with van der Waals surface area (Å²) in [6, 6.07) is 0.544. The van der Waals surface area contributed by atoms with Gasteiger partial charge in [-0.3, -0.25) is 0 Å². The molecule has 0 aromatic carbocycles. The number of rotatable bonds is 5. The summed E-state index contributed by atoms with van der Waals surface area (Å²) in [5.41, 5.74) is 0.162. The van der Waals surface area contributed by atoms with Crippen molar-refractivity contribution in [2.45, 2.75) is 63.5 Å². The van der Waals surface area contributed by atoms with E-state index in [2.05, 4.69) is 5.32 Å². The molecule has 1 saturated heterocycles. The Labute approximate surface area is 110 Å². The van der Waals surface area contributed by atoms with Crippen LogP contribution in [0.3, 0.4) is 0 Å². The first kappa shape index (κ1) is 12.9. The van der Waals surface area contributed by atoms with Crippen molar-refractivity contribution in [1.29, 1.82) is 0 Å². The van der Waals surface area contributed by atoms with E-state index in [1.54, 1.807) is 0 Å². The van der Waals surface area contributed by atoms with Gasteiger partial charge in [0.05, 0.1) is 6.10 Å². The lowest BCUT2D eigenvalue weighted by atomic mass is 9.74. The van der Waals surface area contributed by atoms with Gasteiger partial charge < -0.3 is 15.2 Å². The number of aliphatic hydroxyl groups excluding tert-OH is 1. The summed E-state index contributed by atoms with van der Waals surface area (Å²) in [7, 11) is 0. The Hall–Kier alpha value is -0.120. The number of nitrogens with one attached hydrogen (secondary N) is 1. The maximum atomic E-state index is 9.73. The minimum absolute atomic E-state index is 0.162. The molecule has 2 atom stereocenters. The molecule has 18 heavy (non-hydrogen) atoms. The fourth-order valence-electron chi connectivity index (χ4n) is 3.76. The monoisotopic (exact) mass is 253 g/mol. The average molecular weight is 253 g/mol. The summed E-state index contributed by atoms with van der Waals surface area (Å²) < 4.78 is 5.87. The Kier molecular flexibility index (Phi) is 3.92. The van der Waals surface area contributed by atoms with Gasteiger partial charge in [-0.2, -0.15) is 0 Å². The van der Waals surface area contributed by atoms with E-state index in [0.717, 1.165) is 25.5 Å².